The summed E-state index contributed by atoms with van der Waals surface area (Å²) in [7, 11) is 0. The highest BCUT2D eigenvalue weighted by molar-refractivity contribution is 7.99. The van der Waals surface area contributed by atoms with Gasteiger partial charge in [-0.2, -0.15) is 0 Å². The average Bonchev–Trinajstić information content (AvgIpc) is 2.82. The zero-order valence-corrected chi connectivity index (χ0v) is 14.4. The molecule has 0 amide bonds. The molecule has 0 bridgehead atoms. The summed E-state index contributed by atoms with van der Waals surface area (Å²) >= 11 is 1.89. The van der Waals surface area contributed by atoms with Crippen molar-refractivity contribution in [1.29, 1.82) is 0 Å². The lowest BCUT2D eigenvalue weighted by atomic mass is 10.2. The SMILES string of the molecule is CCC(C)CSc1nc2ccccn2c1CNCC(C)C. The average molecular weight is 305 g/mol. The summed E-state index contributed by atoms with van der Waals surface area (Å²) in [6.45, 7) is 10.9. The van der Waals surface area contributed by atoms with E-state index in [1.54, 1.807) is 0 Å². The molecule has 2 rings (SSSR count). The first kappa shape index (κ1) is 16.4. The predicted octanol–water partition coefficient (Wildman–Crippen LogP) is 4.22. The number of thioether (sulfide) groups is 1. The van der Waals surface area contributed by atoms with E-state index in [2.05, 4.69) is 61.8 Å². The molecule has 0 radical (unpaired) electrons. The fourth-order valence-electron chi connectivity index (χ4n) is 2.12. The molecular weight excluding hydrogens is 278 g/mol. The normalized spacial score (nSPS) is 13.2. The van der Waals surface area contributed by atoms with Crippen LogP contribution in [0, 0.1) is 11.8 Å². The standard InChI is InChI=1S/C17H27N3S/c1-5-14(4)12-21-17-15(11-18-10-13(2)3)20-9-7-6-8-16(20)19-17/h6-9,13-14,18H,5,10-12H2,1-4H3. The van der Waals surface area contributed by atoms with Gasteiger partial charge in [-0.15, -0.1) is 11.8 Å². The lowest BCUT2D eigenvalue weighted by molar-refractivity contribution is 0.544. The van der Waals surface area contributed by atoms with Crippen molar-refractivity contribution in [2.75, 3.05) is 12.3 Å². The number of hydrogen-bond donors (Lipinski definition) is 1. The van der Waals surface area contributed by atoms with Crippen molar-refractivity contribution in [3.63, 3.8) is 0 Å². The first-order valence-electron chi connectivity index (χ1n) is 7.91. The van der Waals surface area contributed by atoms with Crippen molar-refractivity contribution in [2.45, 2.75) is 45.7 Å². The van der Waals surface area contributed by atoms with E-state index in [1.165, 1.54) is 17.1 Å². The van der Waals surface area contributed by atoms with Crippen LogP contribution in [0.1, 0.15) is 39.8 Å². The summed E-state index contributed by atoms with van der Waals surface area (Å²) in [4.78, 5) is 4.80. The molecule has 1 N–H and O–H groups in total. The van der Waals surface area contributed by atoms with Gasteiger partial charge >= 0.3 is 0 Å². The summed E-state index contributed by atoms with van der Waals surface area (Å²) < 4.78 is 2.21. The van der Waals surface area contributed by atoms with E-state index < -0.39 is 0 Å². The van der Waals surface area contributed by atoms with Crippen LogP contribution in [0.5, 0.6) is 0 Å². The first-order chi connectivity index (χ1) is 10.1. The molecule has 0 spiro atoms. The van der Waals surface area contributed by atoms with E-state index >= 15 is 0 Å². The maximum absolute atomic E-state index is 4.80. The summed E-state index contributed by atoms with van der Waals surface area (Å²) in [6.07, 6.45) is 3.34. The Hall–Kier alpha value is -1.00. The molecule has 0 aliphatic carbocycles. The Morgan fingerprint density at radius 1 is 1.29 bits per heavy atom. The molecule has 4 heteroatoms. The second kappa shape index (κ2) is 7.85. The fourth-order valence-corrected chi connectivity index (χ4v) is 3.29. The quantitative estimate of drug-likeness (QED) is 0.741. The van der Waals surface area contributed by atoms with Gasteiger partial charge in [-0.3, -0.25) is 0 Å². The zero-order chi connectivity index (χ0) is 15.2. The first-order valence-corrected chi connectivity index (χ1v) is 8.89. The maximum atomic E-state index is 4.80. The molecule has 2 aromatic rings. The molecule has 1 unspecified atom stereocenters. The highest BCUT2D eigenvalue weighted by atomic mass is 32.2. The van der Waals surface area contributed by atoms with Crippen molar-refractivity contribution < 1.29 is 0 Å². The van der Waals surface area contributed by atoms with Gasteiger partial charge in [0.05, 0.1) is 5.69 Å². The van der Waals surface area contributed by atoms with Crippen molar-refractivity contribution in [3.8, 4) is 0 Å². The Morgan fingerprint density at radius 3 is 2.81 bits per heavy atom. The summed E-state index contributed by atoms with van der Waals surface area (Å²) in [6, 6.07) is 6.21. The van der Waals surface area contributed by atoms with Gasteiger partial charge in [-0.05, 0) is 30.5 Å². The molecule has 0 aliphatic rings. The summed E-state index contributed by atoms with van der Waals surface area (Å²) in [5, 5.41) is 4.73. The minimum Gasteiger partial charge on any atom is -0.311 e. The van der Waals surface area contributed by atoms with Gasteiger partial charge in [0, 0.05) is 18.5 Å². The van der Waals surface area contributed by atoms with E-state index in [1.807, 2.05) is 11.8 Å². The van der Waals surface area contributed by atoms with E-state index in [4.69, 9.17) is 4.98 Å². The third kappa shape index (κ3) is 4.48. The number of nitrogens with zero attached hydrogens (tertiary/aromatic N) is 2. The van der Waals surface area contributed by atoms with Crippen LogP contribution in [-0.2, 0) is 6.54 Å². The third-order valence-corrected chi connectivity index (χ3v) is 4.97. The molecule has 2 heterocycles. The highest BCUT2D eigenvalue weighted by Crippen LogP contribution is 2.26. The van der Waals surface area contributed by atoms with E-state index in [9.17, 15) is 0 Å². The second-order valence-corrected chi connectivity index (χ2v) is 7.15. The molecule has 21 heavy (non-hydrogen) atoms. The molecular formula is C17H27N3S. The number of aromatic nitrogens is 2. The zero-order valence-electron chi connectivity index (χ0n) is 13.6. The van der Waals surface area contributed by atoms with Crippen LogP contribution in [-0.4, -0.2) is 21.7 Å². The van der Waals surface area contributed by atoms with Gasteiger partial charge in [0.15, 0.2) is 0 Å². The van der Waals surface area contributed by atoms with E-state index in [0.29, 0.717) is 5.92 Å². The Kier molecular flexibility index (Phi) is 6.12. The van der Waals surface area contributed by atoms with Crippen LogP contribution >= 0.6 is 11.8 Å². The molecule has 116 valence electrons. The topological polar surface area (TPSA) is 29.3 Å². The minimum atomic E-state index is 0.667. The lowest BCUT2D eigenvalue weighted by Crippen LogP contribution is -2.20. The Balaban J connectivity index is 2.17. The van der Waals surface area contributed by atoms with Gasteiger partial charge in [0.1, 0.15) is 10.7 Å². The molecule has 3 nitrogen and oxygen atoms in total. The maximum Gasteiger partial charge on any atom is 0.138 e. The van der Waals surface area contributed by atoms with Gasteiger partial charge < -0.3 is 9.72 Å². The number of imidazole rings is 1. The number of fused-ring (bicyclic) bond motifs is 1. The van der Waals surface area contributed by atoms with Crippen molar-refractivity contribution >= 4 is 17.4 Å². The smallest absolute Gasteiger partial charge is 0.138 e. The largest absolute Gasteiger partial charge is 0.311 e. The van der Waals surface area contributed by atoms with Crippen LogP contribution < -0.4 is 5.32 Å². The number of nitrogens with one attached hydrogen (secondary N) is 1. The van der Waals surface area contributed by atoms with Crippen LogP contribution in [0.25, 0.3) is 5.65 Å². The Bertz CT molecular complexity index is 562. The molecule has 0 saturated heterocycles. The summed E-state index contributed by atoms with van der Waals surface area (Å²) in [5.41, 5.74) is 2.34. The number of hydrogen-bond acceptors (Lipinski definition) is 3. The van der Waals surface area contributed by atoms with Crippen molar-refractivity contribution in [3.05, 3.63) is 30.1 Å². The third-order valence-electron chi connectivity index (χ3n) is 3.64. The monoisotopic (exact) mass is 305 g/mol. The summed E-state index contributed by atoms with van der Waals surface area (Å²) in [5.74, 6) is 2.54. The molecule has 0 fully saturated rings. The minimum absolute atomic E-state index is 0.667. The van der Waals surface area contributed by atoms with E-state index in [0.717, 1.165) is 30.4 Å². The van der Waals surface area contributed by atoms with Gasteiger partial charge in [0.25, 0.3) is 0 Å². The highest BCUT2D eigenvalue weighted by Gasteiger charge is 2.13. The molecule has 1 atom stereocenters. The van der Waals surface area contributed by atoms with Crippen LogP contribution in [0.2, 0.25) is 0 Å². The van der Waals surface area contributed by atoms with Crippen molar-refractivity contribution in [1.82, 2.24) is 14.7 Å². The Morgan fingerprint density at radius 2 is 2.10 bits per heavy atom. The van der Waals surface area contributed by atoms with Gasteiger partial charge in [0.2, 0.25) is 0 Å². The van der Waals surface area contributed by atoms with Crippen LogP contribution in [0.3, 0.4) is 0 Å². The van der Waals surface area contributed by atoms with E-state index in [-0.39, 0.29) is 0 Å². The predicted molar refractivity (Wildman–Crippen MR) is 91.9 cm³/mol. The van der Waals surface area contributed by atoms with Crippen molar-refractivity contribution in [2.24, 2.45) is 11.8 Å². The Labute approximate surface area is 132 Å². The van der Waals surface area contributed by atoms with Gasteiger partial charge in [-0.1, -0.05) is 40.2 Å². The molecule has 2 aromatic heterocycles. The van der Waals surface area contributed by atoms with Crippen LogP contribution in [0.4, 0.5) is 0 Å². The molecule has 0 aromatic carbocycles. The second-order valence-electron chi connectivity index (χ2n) is 6.14. The molecule has 0 aliphatic heterocycles. The number of rotatable bonds is 8. The fraction of sp³-hybridized carbons (Fsp3) is 0.588. The van der Waals surface area contributed by atoms with Crippen LogP contribution in [0.15, 0.2) is 29.4 Å². The number of pyridine rings is 1. The molecule has 0 saturated carbocycles. The van der Waals surface area contributed by atoms with Gasteiger partial charge in [-0.25, -0.2) is 4.98 Å². The lowest BCUT2D eigenvalue weighted by Gasteiger charge is -2.10.